The number of carbonyl (C=O) groups excluding carboxylic acids is 1. The molecule has 6 heteroatoms. The molecule has 134 valence electrons. The molecule has 2 rings (SSSR count). The van der Waals surface area contributed by atoms with E-state index >= 15 is 0 Å². The average molecular weight is 344 g/mol. The van der Waals surface area contributed by atoms with Crippen LogP contribution in [-0.4, -0.2) is 33.8 Å². The first-order chi connectivity index (χ1) is 12.2. The molecule has 0 fully saturated rings. The molecule has 25 heavy (non-hydrogen) atoms. The van der Waals surface area contributed by atoms with E-state index in [0.717, 1.165) is 16.9 Å². The first-order valence-electron chi connectivity index (χ1n) is 7.98. The Morgan fingerprint density at radius 1 is 0.880 bits per heavy atom. The highest BCUT2D eigenvalue weighted by atomic mass is 16.5. The third kappa shape index (κ3) is 5.39. The van der Waals surface area contributed by atoms with E-state index in [2.05, 4.69) is 10.6 Å². The summed E-state index contributed by atoms with van der Waals surface area (Å²) in [5.41, 5.74) is 1.95. The molecule has 0 atom stereocenters. The number of ether oxygens (including phenoxy) is 3. The SMILES string of the molecule is COc1ccccc1CNC(=O)CNCc1ccc(OC)c(OC)c1. The number of carbonyl (C=O) groups is 1. The number of rotatable bonds is 9. The zero-order valence-electron chi connectivity index (χ0n) is 14.8. The van der Waals surface area contributed by atoms with E-state index in [9.17, 15) is 4.79 Å². The Balaban J connectivity index is 1.79. The second-order valence-electron chi connectivity index (χ2n) is 5.38. The van der Waals surface area contributed by atoms with Crippen molar-refractivity contribution in [1.29, 1.82) is 0 Å². The van der Waals surface area contributed by atoms with Crippen LogP contribution in [0, 0.1) is 0 Å². The minimum absolute atomic E-state index is 0.0774. The molecular weight excluding hydrogens is 320 g/mol. The van der Waals surface area contributed by atoms with Gasteiger partial charge < -0.3 is 24.8 Å². The van der Waals surface area contributed by atoms with Gasteiger partial charge in [0, 0.05) is 18.7 Å². The predicted molar refractivity (Wildman–Crippen MR) is 96.1 cm³/mol. The van der Waals surface area contributed by atoms with Crippen molar-refractivity contribution in [2.24, 2.45) is 0 Å². The van der Waals surface area contributed by atoms with E-state index in [0.29, 0.717) is 24.6 Å². The number of nitrogens with one attached hydrogen (secondary N) is 2. The van der Waals surface area contributed by atoms with Gasteiger partial charge in [0.05, 0.1) is 27.9 Å². The molecule has 6 nitrogen and oxygen atoms in total. The summed E-state index contributed by atoms with van der Waals surface area (Å²) in [6.45, 7) is 1.22. The van der Waals surface area contributed by atoms with Crippen LogP contribution >= 0.6 is 0 Å². The van der Waals surface area contributed by atoms with Gasteiger partial charge in [-0.25, -0.2) is 0 Å². The molecule has 0 aromatic heterocycles. The minimum Gasteiger partial charge on any atom is -0.496 e. The summed E-state index contributed by atoms with van der Waals surface area (Å²) in [6.07, 6.45) is 0. The molecule has 2 N–H and O–H groups in total. The first kappa shape index (κ1) is 18.6. The highest BCUT2D eigenvalue weighted by molar-refractivity contribution is 5.78. The van der Waals surface area contributed by atoms with Gasteiger partial charge in [-0.15, -0.1) is 0 Å². The maximum absolute atomic E-state index is 12.0. The fourth-order valence-electron chi connectivity index (χ4n) is 2.42. The lowest BCUT2D eigenvalue weighted by Crippen LogP contribution is -2.33. The van der Waals surface area contributed by atoms with Gasteiger partial charge in [-0.05, 0) is 23.8 Å². The summed E-state index contributed by atoms with van der Waals surface area (Å²) in [6, 6.07) is 13.3. The average Bonchev–Trinajstić information content (AvgIpc) is 2.66. The quantitative estimate of drug-likeness (QED) is 0.729. The third-order valence-electron chi connectivity index (χ3n) is 3.73. The van der Waals surface area contributed by atoms with Crippen molar-refractivity contribution in [3.05, 3.63) is 53.6 Å². The van der Waals surface area contributed by atoms with Crippen LogP contribution in [0.25, 0.3) is 0 Å². The molecule has 0 aliphatic rings. The van der Waals surface area contributed by atoms with Gasteiger partial charge in [0.15, 0.2) is 11.5 Å². The van der Waals surface area contributed by atoms with E-state index in [4.69, 9.17) is 14.2 Å². The standard InChI is InChI=1S/C19H24N2O4/c1-23-16-7-5-4-6-15(16)12-21-19(22)13-20-11-14-8-9-17(24-2)18(10-14)25-3/h4-10,20H,11-13H2,1-3H3,(H,21,22). The summed E-state index contributed by atoms with van der Waals surface area (Å²) in [5, 5.41) is 5.99. The number of hydrogen-bond donors (Lipinski definition) is 2. The number of para-hydroxylation sites is 1. The monoisotopic (exact) mass is 344 g/mol. The molecule has 0 saturated carbocycles. The van der Waals surface area contributed by atoms with Crippen molar-refractivity contribution in [2.75, 3.05) is 27.9 Å². The lowest BCUT2D eigenvalue weighted by molar-refractivity contribution is -0.120. The predicted octanol–water partition coefficient (Wildman–Crippen LogP) is 2.12. The van der Waals surface area contributed by atoms with Gasteiger partial charge in [-0.1, -0.05) is 24.3 Å². The van der Waals surface area contributed by atoms with Gasteiger partial charge in [0.2, 0.25) is 5.91 Å². The topological polar surface area (TPSA) is 68.8 Å². The molecule has 2 aromatic rings. The molecule has 0 unspecified atom stereocenters. The van der Waals surface area contributed by atoms with Crippen molar-refractivity contribution in [3.8, 4) is 17.2 Å². The van der Waals surface area contributed by atoms with Gasteiger partial charge in [-0.3, -0.25) is 4.79 Å². The minimum atomic E-state index is -0.0774. The van der Waals surface area contributed by atoms with Crippen molar-refractivity contribution in [2.45, 2.75) is 13.1 Å². The van der Waals surface area contributed by atoms with Crippen LogP contribution in [0.2, 0.25) is 0 Å². The van der Waals surface area contributed by atoms with E-state index in [1.807, 2.05) is 42.5 Å². The maximum atomic E-state index is 12.0. The van der Waals surface area contributed by atoms with Crippen LogP contribution < -0.4 is 24.8 Å². The fourth-order valence-corrected chi connectivity index (χ4v) is 2.42. The van der Waals surface area contributed by atoms with Gasteiger partial charge in [-0.2, -0.15) is 0 Å². The van der Waals surface area contributed by atoms with Crippen molar-refractivity contribution >= 4 is 5.91 Å². The Bertz CT molecular complexity index is 704. The Morgan fingerprint density at radius 3 is 2.32 bits per heavy atom. The summed E-state index contributed by atoms with van der Waals surface area (Å²) in [5.74, 6) is 2.04. The molecule has 0 heterocycles. The molecule has 0 saturated heterocycles. The summed E-state index contributed by atoms with van der Waals surface area (Å²) in [7, 11) is 4.81. The molecule has 0 aliphatic heterocycles. The van der Waals surface area contributed by atoms with Gasteiger partial charge >= 0.3 is 0 Å². The molecule has 2 aromatic carbocycles. The lowest BCUT2D eigenvalue weighted by atomic mass is 10.2. The molecule has 0 aliphatic carbocycles. The zero-order chi connectivity index (χ0) is 18.1. The van der Waals surface area contributed by atoms with Crippen LogP contribution in [0.15, 0.2) is 42.5 Å². The highest BCUT2D eigenvalue weighted by Crippen LogP contribution is 2.27. The van der Waals surface area contributed by atoms with Crippen LogP contribution in [0.4, 0.5) is 0 Å². The molecule has 0 bridgehead atoms. The Labute approximate surface area is 148 Å². The third-order valence-corrected chi connectivity index (χ3v) is 3.73. The van der Waals surface area contributed by atoms with Crippen LogP contribution in [0.3, 0.4) is 0 Å². The fraction of sp³-hybridized carbons (Fsp3) is 0.316. The van der Waals surface area contributed by atoms with Crippen LogP contribution in [0.5, 0.6) is 17.2 Å². The van der Waals surface area contributed by atoms with Gasteiger partial charge in [0.1, 0.15) is 5.75 Å². The smallest absolute Gasteiger partial charge is 0.234 e. The Kier molecular flexibility index (Phi) is 7.10. The van der Waals surface area contributed by atoms with Crippen molar-refractivity contribution in [3.63, 3.8) is 0 Å². The van der Waals surface area contributed by atoms with Gasteiger partial charge in [0.25, 0.3) is 0 Å². The van der Waals surface area contributed by atoms with Crippen molar-refractivity contribution < 1.29 is 19.0 Å². The second-order valence-corrected chi connectivity index (χ2v) is 5.38. The first-order valence-corrected chi connectivity index (χ1v) is 7.98. The van der Waals surface area contributed by atoms with E-state index in [-0.39, 0.29) is 12.5 Å². The normalized spacial score (nSPS) is 10.2. The molecule has 0 radical (unpaired) electrons. The Morgan fingerprint density at radius 2 is 1.60 bits per heavy atom. The summed E-state index contributed by atoms with van der Waals surface area (Å²) >= 11 is 0. The van der Waals surface area contributed by atoms with Crippen LogP contribution in [0.1, 0.15) is 11.1 Å². The van der Waals surface area contributed by atoms with Crippen LogP contribution in [-0.2, 0) is 17.9 Å². The largest absolute Gasteiger partial charge is 0.496 e. The molecular formula is C19H24N2O4. The Hall–Kier alpha value is -2.73. The van der Waals surface area contributed by atoms with E-state index in [1.54, 1.807) is 21.3 Å². The number of benzene rings is 2. The van der Waals surface area contributed by atoms with E-state index < -0.39 is 0 Å². The van der Waals surface area contributed by atoms with Crippen molar-refractivity contribution in [1.82, 2.24) is 10.6 Å². The summed E-state index contributed by atoms with van der Waals surface area (Å²) in [4.78, 5) is 12.0. The maximum Gasteiger partial charge on any atom is 0.234 e. The lowest BCUT2D eigenvalue weighted by Gasteiger charge is -2.11. The molecule has 1 amide bonds. The number of methoxy groups -OCH3 is 3. The van der Waals surface area contributed by atoms with E-state index in [1.165, 1.54) is 0 Å². The zero-order valence-corrected chi connectivity index (χ0v) is 14.8. The number of amides is 1. The number of hydrogen-bond acceptors (Lipinski definition) is 5. The molecule has 0 spiro atoms. The summed E-state index contributed by atoms with van der Waals surface area (Å²) < 4.78 is 15.7. The highest BCUT2D eigenvalue weighted by Gasteiger charge is 2.07. The second kappa shape index (κ2) is 9.54.